The number of carbonyl (C=O) groups excluding carboxylic acids is 3. The zero-order valence-electron chi connectivity index (χ0n) is 12.0. The minimum Gasteiger partial charge on any atom is -0.469 e. The summed E-state index contributed by atoms with van der Waals surface area (Å²) >= 11 is 0. The molecule has 0 unspecified atom stereocenters. The first-order valence-electron chi connectivity index (χ1n) is 6.45. The lowest BCUT2D eigenvalue weighted by atomic mass is 10.0. The molecule has 0 aromatic heterocycles. The van der Waals surface area contributed by atoms with Gasteiger partial charge in [0.1, 0.15) is 0 Å². The Morgan fingerprint density at radius 3 is 2.33 bits per heavy atom. The van der Waals surface area contributed by atoms with E-state index in [4.69, 9.17) is 0 Å². The number of ether oxygens (including phenoxy) is 2. The molecule has 0 saturated carbocycles. The highest BCUT2D eigenvalue weighted by molar-refractivity contribution is 5.97. The van der Waals surface area contributed by atoms with Gasteiger partial charge in [0, 0.05) is 23.5 Å². The van der Waals surface area contributed by atoms with Gasteiger partial charge in [0.2, 0.25) is 0 Å². The van der Waals surface area contributed by atoms with E-state index in [1.807, 2.05) is 0 Å². The van der Waals surface area contributed by atoms with Crippen molar-refractivity contribution in [1.82, 2.24) is 0 Å². The van der Waals surface area contributed by atoms with Crippen LogP contribution in [0.2, 0.25) is 0 Å². The third-order valence-electron chi connectivity index (χ3n) is 2.58. The lowest BCUT2D eigenvalue weighted by Gasteiger charge is -2.00. The van der Waals surface area contributed by atoms with Crippen LogP contribution in [0.1, 0.15) is 35.7 Å². The van der Waals surface area contributed by atoms with Crippen molar-refractivity contribution in [2.75, 3.05) is 13.7 Å². The van der Waals surface area contributed by atoms with Gasteiger partial charge in [-0.05, 0) is 19.1 Å². The quantitative estimate of drug-likeness (QED) is 0.469. The molecule has 0 N–H and O–H groups in total. The van der Waals surface area contributed by atoms with Gasteiger partial charge in [-0.15, -0.1) is 0 Å². The van der Waals surface area contributed by atoms with Crippen LogP contribution in [-0.2, 0) is 19.1 Å². The summed E-state index contributed by atoms with van der Waals surface area (Å²) in [6.07, 6.45) is 0.153. The fraction of sp³-hybridized carbons (Fsp3) is 0.312. The Kier molecular flexibility index (Phi) is 6.69. The smallest absolute Gasteiger partial charge is 0.384 e. The van der Waals surface area contributed by atoms with Crippen LogP contribution in [0.15, 0.2) is 24.3 Å². The second kappa shape index (κ2) is 8.54. The summed E-state index contributed by atoms with van der Waals surface area (Å²) in [4.78, 5) is 33.9. The Morgan fingerprint density at radius 1 is 1.10 bits per heavy atom. The van der Waals surface area contributed by atoms with Gasteiger partial charge in [0.25, 0.3) is 0 Å². The maximum absolute atomic E-state index is 11.8. The molecule has 5 nitrogen and oxygen atoms in total. The van der Waals surface area contributed by atoms with Gasteiger partial charge in [-0.25, -0.2) is 4.79 Å². The highest BCUT2D eigenvalue weighted by Crippen LogP contribution is 2.08. The molecule has 5 heteroatoms. The molecule has 0 radical (unpaired) electrons. The van der Waals surface area contributed by atoms with Gasteiger partial charge in [0.05, 0.1) is 20.1 Å². The molecule has 0 heterocycles. The Balaban J connectivity index is 2.63. The maximum Gasteiger partial charge on any atom is 0.384 e. The van der Waals surface area contributed by atoms with E-state index < -0.39 is 11.9 Å². The fourth-order valence-electron chi connectivity index (χ4n) is 1.49. The third kappa shape index (κ3) is 5.91. The molecule has 1 rings (SSSR count). The van der Waals surface area contributed by atoms with E-state index in [1.165, 1.54) is 7.11 Å². The van der Waals surface area contributed by atoms with Gasteiger partial charge in [0.15, 0.2) is 5.78 Å². The standard InChI is InChI=1S/C16H16O5/c1-3-21-16(19)10-6-12-4-7-13(8-5-12)14(17)9-11-15(18)20-2/h4-5,7-8H,3,9,11H2,1-2H3. The fourth-order valence-corrected chi connectivity index (χ4v) is 1.49. The minimum absolute atomic E-state index is 0.0553. The normalized spacial score (nSPS) is 9.24. The van der Waals surface area contributed by atoms with Crippen molar-refractivity contribution >= 4 is 17.7 Å². The minimum atomic E-state index is -0.587. The van der Waals surface area contributed by atoms with Crippen LogP contribution in [0, 0.1) is 11.8 Å². The molecule has 1 aromatic carbocycles. The number of hydrogen-bond donors (Lipinski definition) is 0. The lowest BCUT2D eigenvalue weighted by molar-refractivity contribution is -0.140. The van der Waals surface area contributed by atoms with Crippen LogP contribution < -0.4 is 0 Å². The van der Waals surface area contributed by atoms with Crippen molar-refractivity contribution in [3.05, 3.63) is 35.4 Å². The van der Waals surface area contributed by atoms with E-state index in [2.05, 4.69) is 21.3 Å². The van der Waals surface area contributed by atoms with Crippen molar-refractivity contribution < 1.29 is 23.9 Å². The average molecular weight is 288 g/mol. The summed E-state index contributed by atoms with van der Waals surface area (Å²) in [7, 11) is 1.28. The number of Topliss-reactive ketones (excluding diaryl/α,β-unsaturated/α-hetero) is 1. The predicted molar refractivity (Wildman–Crippen MR) is 75.5 cm³/mol. The number of benzene rings is 1. The highest BCUT2D eigenvalue weighted by atomic mass is 16.5. The molecule has 0 saturated heterocycles. The molecule has 1 aromatic rings. The van der Waals surface area contributed by atoms with Gasteiger partial charge >= 0.3 is 11.9 Å². The summed E-state index contributed by atoms with van der Waals surface area (Å²) in [5.41, 5.74) is 1.09. The van der Waals surface area contributed by atoms with Crippen LogP contribution in [0.3, 0.4) is 0 Å². The maximum atomic E-state index is 11.8. The van der Waals surface area contributed by atoms with Crippen LogP contribution in [0.25, 0.3) is 0 Å². The van der Waals surface area contributed by atoms with E-state index >= 15 is 0 Å². The largest absolute Gasteiger partial charge is 0.469 e. The zero-order chi connectivity index (χ0) is 15.7. The van der Waals surface area contributed by atoms with Crippen molar-refractivity contribution in [3.8, 4) is 11.8 Å². The molecule has 110 valence electrons. The van der Waals surface area contributed by atoms with Gasteiger partial charge in [-0.1, -0.05) is 18.1 Å². The van der Waals surface area contributed by atoms with Gasteiger partial charge < -0.3 is 9.47 Å². The molecule has 0 aliphatic heterocycles. The Hall–Kier alpha value is -2.61. The number of methoxy groups -OCH3 is 1. The van der Waals surface area contributed by atoms with Crippen LogP contribution in [-0.4, -0.2) is 31.4 Å². The monoisotopic (exact) mass is 288 g/mol. The topological polar surface area (TPSA) is 69.7 Å². The first-order valence-corrected chi connectivity index (χ1v) is 6.45. The summed E-state index contributed by atoms with van der Waals surface area (Å²) in [6, 6.07) is 6.48. The van der Waals surface area contributed by atoms with Crippen molar-refractivity contribution in [3.63, 3.8) is 0 Å². The Bertz CT molecular complexity index is 575. The summed E-state index contributed by atoms with van der Waals surface area (Å²) in [5.74, 6) is 3.83. The lowest BCUT2D eigenvalue weighted by Crippen LogP contribution is -2.05. The molecule has 0 aliphatic carbocycles. The van der Waals surface area contributed by atoms with E-state index in [9.17, 15) is 14.4 Å². The number of esters is 2. The number of rotatable bonds is 5. The number of ketones is 1. The van der Waals surface area contributed by atoms with E-state index in [0.29, 0.717) is 11.1 Å². The van der Waals surface area contributed by atoms with Crippen molar-refractivity contribution in [2.45, 2.75) is 19.8 Å². The van der Waals surface area contributed by atoms with E-state index in [0.717, 1.165) is 0 Å². The Morgan fingerprint density at radius 2 is 1.76 bits per heavy atom. The molecular formula is C16H16O5. The number of carbonyl (C=O) groups is 3. The van der Waals surface area contributed by atoms with Crippen LogP contribution in [0.4, 0.5) is 0 Å². The molecule has 0 fully saturated rings. The molecular weight excluding hydrogens is 272 g/mol. The van der Waals surface area contributed by atoms with Gasteiger partial charge in [-0.3, -0.25) is 9.59 Å². The second-order valence-electron chi connectivity index (χ2n) is 4.05. The summed E-state index contributed by atoms with van der Waals surface area (Å²) < 4.78 is 9.16. The number of hydrogen-bond acceptors (Lipinski definition) is 5. The predicted octanol–water partition coefficient (Wildman–Crippen LogP) is 1.74. The van der Waals surface area contributed by atoms with Crippen molar-refractivity contribution in [2.24, 2.45) is 0 Å². The first kappa shape index (κ1) is 16.4. The van der Waals surface area contributed by atoms with Gasteiger partial charge in [-0.2, -0.15) is 0 Å². The SMILES string of the molecule is CCOC(=O)C#Cc1ccc(C(=O)CCC(=O)OC)cc1. The third-order valence-corrected chi connectivity index (χ3v) is 2.58. The molecule has 0 amide bonds. The highest BCUT2D eigenvalue weighted by Gasteiger charge is 2.09. The summed E-state index contributed by atoms with van der Waals surface area (Å²) in [5, 5.41) is 0. The zero-order valence-corrected chi connectivity index (χ0v) is 12.0. The molecule has 21 heavy (non-hydrogen) atoms. The average Bonchev–Trinajstić information content (AvgIpc) is 2.51. The van der Waals surface area contributed by atoms with E-state index in [-0.39, 0.29) is 25.2 Å². The van der Waals surface area contributed by atoms with Crippen LogP contribution in [0.5, 0.6) is 0 Å². The Labute approximate surface area is 123 Å². The van der Waals surface area contributed by atoms with Crippen molar-refractivity contribution in [1.29, 1.82) is 0 Å². The van der Waals surface area contributed by atoms with Crippen LogP contribution >= 0.6 is 0 Å². The summed E-state index contributed by atoms with van der Waals surface area (Å²) in [6.45, 7) is 1.98. The molecule has 0 bridgehead atoms. The molecule has 0 atom stereocenters. The second-order valence-corrected chi connectivity index (χ2v) is 4.05. The first-order chi connectivity index (χ1) is 10.1. The van der Waals surface area contributed by atoms with E-state index in [1.54, 1.807) is 31.2 Å². The molecule has 0 aliphatic rings. The molecule has 0 spiro atoms.